The van der Waals surface area contributed by atoms with Crippen molar-refractivity contribution in [2.75, 3.05) is 6.54 Å². The quantitative estimate of drug-likeness (QED) is 0.869. The molecule has 0 amide bonds. The summed E-state index contributed by atoms with van der Waals surface area (Å²) in [7, 11) is 0. The first-order valence-electron chi connectivity index (χ1n) is 5.90. The lowest BCUT2D eigenvalue weighted by atomic mass is 10.3. The Labute approximate surface area is 126 Å². The van der Waals surface area contributed by atoms with E-state index in [1.54, 1.807) is 29.5 Å². The molecule has 2 aromatic rings. The number of hydrogen-bond donors (Lipinski definition) is 1. The van der Waals surface area contributed by atoms with Gasteiger partial charge in [0.05, 0.1) is 5.69 Å². The first-order valence-corrected chi connectivity index (χ1v) is 7.54. The SMILES string of the molecule is CCNCc1nc(COc2cc(Cl)cc(Cl)c2)cs1. The van der Waals surface area contributed by atoms with E-state index in [9.17, 15) is 0 Å². The Kier molecular flexibility index (Phi) is 5.45. The molecule has 19 heavy (non-hydrogen) atoms. The molecular formula is C13H14Cl2N2OS. The third-order valence-corrected chi connectivity index (χ3v) is 3.68. The van der Waals surface area contributed by atoms with E-state index < -0.39 is 0 Å². The molecule has 0 bridgehead atoms. The molecule has 2 rings (SSSR count). The highest BCUT2D eigenvalue weighted by Gasteiger charge is 2.04. The molecule has 1 N–H and O–H groups in total. The molecule has 0 aliphatic heterocycles. The average molecular weight is 317 g/mol. The number of halogens is 2. The topological polar surface area (TPSA) is 34.2 Å². The lowest BCUT2D eigenvalue weighted by Gasteiger charge is -2.05. The Morgan fingerprint density at radius 3 is 2.68 bits per heavy atom. The van der Waals surface area contributed by atoms with Gasteiger partial charge in [0.25, 0.3) is 0 Å². The van der Waals surface area contributed by atoms with Crippen LogP contribution in [0.4, 0.5) is 0 Å². The minimum Gasteiger partial charge on any atom is -0.487 e. The van der Waals surface area contributed by atoms with Crippen LogP contribution in [-0.4, -0.2) is 11.5 Å². The van der Waals surface area contributed by atoms with Gasteiger partial charge in [-0.1, -0.05) is 30.1 Å². The second-order valence-electron chi connectivity index (χ2n) is 3.91. The van der Waals surface area contributed by atoms with Crippen LogP contribution in [0.5, 0.6) is 5.75 Å². The average Bonchev–Trinajstić information content (AvgIpc) is 2.81. The normalized spacial score (nSPS) is 10.7. The Morgan fingerprint density at radius 1 is 1.26 bits per heavy atom. The number of hydrogen-bond acceptors (Lipinski definition) is 4. The van der Waals surface area contributed by atoms with Gasteiger partial charge in [0.2, 0.25) is 0 Å². The number of nitrogens with one attached hydrogen (secondary N) is 1. The highest BCUT2D eigenvalue weighted by atomic mass is 35.5. The van der Waals surface area contributed by atoms with Crippen LogP contribution >= 0.6 is 34.5 Å². The zero-order valence-corrected chi connectivity index (χ0v) is 12.8. The van der Waals surface area contributed by atoms with Crippen LogP contribution in [0.25, 0.3) is 0 Å². The Balaban J connectivity index is 1.92. The largest absolute Gasteiger partial charge is 0.487 e. The number of ether oxygens (including phenoxy) is 1. The van der Waals surface area contributed by atoms with Gasteiger partial charge in [0, 0.05) is 22.0 Å². The second-order valence-corrected chi connectivity index (χ2v) is 5.72. The molecule has 6 heteroatoms. The van der Waals surface area contributed by atoms with E-state index >= 15 is 0 Å². The summed E-state index contributed by atoms with van der Waals surface area (Å²) in [4.78, 5) is 4.47. The van der Waals surface area contributed by atoms with Crippen molar-refractivity contribution in [1.82, 2.24) is 10.3 Å². The molecule has 0 saturated heterocycles. The number of benzene rings is 1. The van der Waals surface area contributed by atoms with Crippen molar-refractivity contribution >= 4 is 34.5 Å². The van der Waals surface area contributed by atoms with E-state index in [4.69, 9.17) is 27.9 Å². The van der Waals surface area contributed by atoms with Crippen LogP contribution in [0.3, 0.4) is 0 Å². The predicted octanol–water partition coefficient (Wildman–Crippen LogP) is 4.14. The van der Waals surface area contributed by atoms with Gasteiger partial charge in [0.15, 0.2) is 0 Å². The Hall–Kier alpha value is -0.810. The van der Waals surface area contributed by atoms with Crippen LogP contribution in [0.1, 0.15) is 17.6 Å². The molecule has 0 saturated carbocycles. The van der Waals surface area contributed by atoms with Gasteiger partial charge in [0.1, 0.15) is 17.4 Å². The molecule has 0 aliphatic carbocycles. The summed E-state index contributed by atoms with van der Waals surface area (Å²) in [6, 6.07) is 5.14. The lowest BCUT2D eigenvalue weighted by molar-refractivity contribution is 0.302. The Morgan fingerprint density at radius 2 is 2.00 bits per heavy atom. The van der Waals surface area contributed by atoms with E-state index in [-0.39, 0.29) is 0 Å². The minimum absolute atomic E-state index is 0.416. The molecule has 1 heterocycles. The smallest absolute Gasteiger partial charge is 0.131 e. The van der Waals surface area contributed by atoms with Crippen molar-refractivity contribution in [1.29, 1.82) is 0 Å². The number of rotatable bonds is 6. The van der Waals surface area contributed by atoms with Crippen molar-refractivity contribution < 1.29 is 4.74 Å². The van der Waals surface area contributed by atoms with Gasteiger partial charge < -0.3 is 10.1 Å². The molecule has 0 aliphatic rings. The highest BCUT2D eigenvalue weighted by molar-refractivity contribution is 7.09. The molecule has 1 aromatic heterocycles. The molecule has 0 spiro atoms. The minimum atomic E-state index is 0.416. The summed E-state index contributed by atoms with van der Waals surface area (Å²) < 4.78 is 5.63. The molecule has 0 fully saturated rings. The summed E-state index contributed by atoms with van der Waals surface area (Å²) in [5.41, 5.74) is 0.911. The molecule has 0 radical (unpaired) electrons. The fourth-order valence-electron chi connectivity index (χ4n) is 1.50. The molecule has 102 valence electrons. The second kappa shape index (κ2) is 7.10. The maximum absolute atomic E-state index is 5.91. The van der Waals surface area contributed by atoms with Crippen molar-refractivity contribution in [3.8, 4) is 5.75 Å². The van der Waals surface area contributed by atoms with Gasteiger partial charge in [-0.3, -0.25) is 0 Å². The van der Waals surface area contributed by atoms with Crippen molar-refractivity contribution in [3.63, 3.8) is 0 Å². The van der Waals surface area contributed by atoms with E-state index in [1.807, 2.05) is 5.38 Å². The number of thiazole rings is 1. The van der Waals surface area contributed by atoms with Crippen molar-refractivity contribution in [3.05, 3.63) is 44.3 Å². The predicted molar refractivity (Wildman–Crippen MR) is 80.3 cm³/mol. The summed E-state index contributed by atoms with van der Waals surface area (Å²) in [5.74, 6) is 0.652. The van der Waals surface area contributed by atoms with Gasteiger partial charge in [-0.2, -0.15) is 0 Å². The van der Waals surface area contributed by atoms with E-state index in [1.165, 1.54) is 0 Å². The van der Waals surface area contributed by atoms with Crippen molar-refractivity contribution in [2.24, 2.45) is 0 Å². The van der Waals surface area contributed by atoms with Crippen LogP contribution in [-0.2, 0) is 13.2 Å². The summed E-state index contributed by atoms with van der Waals surface area (Å²) in [5, 5.41) is 7.42. The van der Waals surface area contributed by atoms with Crippen LogP contribution < -0.4 is 10.1 Å². The summed E-state index contributed by atoms with van der Waals surface area (Å²) in [6.07, 6.45) is 0. The first-order chi connectivity index (χ1) is 9.17. The number of aromatic nitrogens is 1. The number of nitrogens with zero attached hydrogens (tertiary/aromatic N) is 1. The van der Waals surface area contributed by atoms with Gasteiger partial charge in [-0.25, -0.2) is 4.98 Å². The molecular weight excluding hydrogens is 303 g/mol. The van der Waals surface area contributed by atoms with Crippen LogP contribution in [0.15, 0.2) is 23.6 Å². The van der Waals surface area contributed by atoms with Gasteiger partial charge in [-0.05, 0) is 24.7 Å². The van der Waals surface area contributed by atoms with Gasteiger partial charge in [-0.15, -0.1) is 11.3 Å². The summed E-state index contributed by atoms with van der Waals surface area (Å²) in [6.45, 7) is 4.22. The molecule has 3 nitrogen and oxygen atoms in total. The van der Waals surface area contributed by atoms with E-state index in [0.29, 0.717) is 22.4 Å². The zero-order chi connectivity index (χ0) is 13.7. The monoisotopic (exact) mass is 316 g/mol. The fourth-order valence-corrected chi connectivity index (χ4v) is 2.75. The maximum atomic E-state index is 5.91. The maximum Gasteiger partial charge on any atom is 0.131 e. The van der Waals surface area contributed by atoms with Crippen LogP contribution in [0, 0.1) is 0 Å². The highest BCUT2D eigenvalue weighted by Crippen LogP contribution is 2.25. The van der Waals surface area contributed by atoms with E-state index in [0.717, 1.165) is 23.8 Å². The van der Waals surface area contributed by atoms with Crippen molar-refractivity contribution in [2.45, 2.75) is 20.1 Å². The third-order valence-electron chi connectivity index (χ3n) is 2.35. The standard InChI is InChI=1S/C13H14Cl2N2OS/c1-2-16-6-13-17-11(8-19-13)7-18-12-4-9(14)3-10(15)5-12/h3-5,8,16H,2,6-7H2,1H3. The molecule has 0 unspecified atom stereocenters. The first kappa shape index (κ1) is 14.6. The van der Waals surface area contributed by atoms with Gasteiger partial charge >= 0.3 is 0 Å². The molecule has 0 atom stereocenters. The summed E-state index contributed by atoms with van der Waals surface area (Å²) >= 11 is 13.4. The lowest BCUT2D eigenvalue weighted by Crippen LogP contribution is -2.11. The fraction of sp³-hybridized carbons (Fsp3) is 0.308. The molecule has 1 aromatic carbocycles. The van der Waals surface area contributed by atoms with Crippen LogP contribution in [0.2, 0.25) is 10.0 Å². The third kappa shape index (κ3) is 4.66. The zero-order valence-electron chi connectivity index (χ0n) is 10.5. The Bertz CT molecular complexity index is 525. The van der Waals surface area contributed by atoms with E-state index in [2.05, 4.69) is 17.2 Å².